The quantitative estimate of drug-likeness (QED) is 0.889. The van der Waals surface area contributed by atoms with Gasteiger partial charge in [-0.2, -0.15) is 0 Å². The first kappa shape index (κ1) is 12.8. The van der Waals surface area contributed by atoms with Crippen molar-refractivity contribution in [1.82, 2.24) is 5.32 Å². The number of rotatable bonds is 4. The maximum absolute atomic E-state index is 11.2. The summed E-state index contributed by atoms with van der Waals surface area (Å²) in [4.78, 5) is 0. The van der Waals surface area contributed by atoms with Gasteiger partial charge in [0.2, 0.25) is 0 Å². The van der Waals surface area contributed by atoms with Gasteiger partial charge in [0.25, 0.3) is 0 Å². The third-order valence-corrected chi connectivity index (χ3v) is 4.80. The molecule has 1 N–H and O–H groups in total. The molecule has 0 saturated carbocycles. The van der Waals surface area contributed by atoms with Crippen LogP contribution in [-0.2, 0) is 23.8 Å². The molecule has 1 heterocycles. The summed E-state index contributed by atoms with van der Waals surface area (Å²) >= 11 is 0. The molecule has 17 heavy (non-hydrogen) atoms. The van der Waals surface area contributed by atoms with Gasteiger partial charge in [-0.15, -0.1) is 0 Å². The minimum absolute atomic E-state index is 0.553. The SMILES string of the molecule is CCc1ccc(CNC2CCS(=O)CC2)cc1. The summed E-state index contributed by atoms with van der Waals surface area (Å²) in [6.07, 6.45) is 3.21. The van der Waals surface area contributed by atoms with Crippen molar-refractivity contribution in [3.63, 3.8) is 0 Å². The van der Waals surface area contributed by atoms with Crippen LogP contribution in [0.15, 0.2) is 24.3 Å². The fraction of sp³-hybridized carbons (Fsp3) is 0.571. The molecule has 2 nitrogen and oxygen atoms in total. The third kappa shape index (κ3) is 3.93. The van der Waals surface area contributed by atoms with Crippen molar-refractivity contribution >= 4 is 10.8 Å². The molecule has 0 amide bonds. The molecule has 0 aliphatic carbocycles. The van der Waals surface area contributed by atoms with Crippen molar-refractivity contribution in [2.45, 2.75) is 38.8 Å². The van der Waals surface area contributed by atoms with E-state index in [1.54, 1.807) is 0 Å². The summed E-state index contributed by atoms with van der Waals surface area (Å²) in [6, 6.07) is 9.36. The van der Waals surface area contributed by atoms with E-state index in [1.807, 2.05) is 0 Å². The van der Waals surface area contributed by atoms with Crippen LogP contribution in [0.3, 0.4) is 0 Å². The lowest BCUT2D eigenvalue weighted by Gasteiger charge is -2.22. The summed E-state index contributed by atoms with van der Waals surface area (Å²) in [5.41, 5.74) is 2.73. The van der Waals surface area contributed by atoms with Crippen LogP contribution >= 0.6 is 0 Å². The third-order valence-electron chi connectivity index (χ3n) is 3.41. The van der Waals surface area contributed by atoms with E-state index in [0.29, 0.717) is 6.04 Å². The molecule has 1 fully saturated rings. The summed E-state index contributed by atoms with van der Waals surface area (Å²) < 4.78 is 11.2. The molecule has 0 unspecified atom stereocenters. The molecule has 3 heteroatoms. The number of aryl methyl sites for hydroxylation is 1. The normalized spacial score (nSPS) is 24.8. The number of nitrogens with one attached hydrogen (secondary N) is 1. The molecule has 1 aromatic carbocycles. The average molecular weight is 251 g/mol. The summed E-state index contributed by atoms with van der Waals surface area (Å²) in [5.74, 6) is 1.73. The topological polar surface area (TPSA) is 29.1 Å². The first-order valence-corrected chi connectivity index (χ1v) is 7.93. The zero-order valence-electron chi connectivity index (χ0n) is 10.4. The lowest BCUT2D eigenvalue weighted by molar-refractivity contribution is 0.475. The number of hydrogen-bond acceptors (Lipinski definition) is 2. The predicted octanol–water partition coefficient (Wildman–Crippen LogP) is 2.25. The molecular formula is C14H21NOS. The summed E-state index contributed by atoms with van der Waals surface area (Å²) in [6.45, 7) is 3.11. The van der Waals surface area contributed by atoms with E-state index < -0.39 is 10.8 Å². The second kappa shape index (κ2) is 6.31. The van der Waals surface area contributed by atoms with Crippen LogP contribution in [0.25, 0.3) is 0 Å². The Bertz CT molecular complexity index is 364. The van der Waals surface area contributed by atoms with Gasteiger partial charge in [0.1, 0.15) is 0 Å². The monoisotopic (exact) mass is 251 g/mol. The van der Waals surface area contributed by atoms with E-state index in [9.17, 15) is 4.21 Å². The van der Waals surface area contributed by atoms with Gasteiger partial charge < -0.3 is 5.32 Å². The smallest absolute Gasteiger partial charge is 0.0249 e. The second-order valence-corrected chi connectivity index (χ2v) is 6.37. The molecule has 2 rings (SSSR count). The van der Waals surface area contributed by atoms with Gasteiger partial charge in [-0.25, -0.2) is 0 Å². The standard InChI is InChI=1S/C14H21NOS/c1-2-12-3-5-13(6-4-12)11-15-14-7-9-17(16)10-8-14/h3-6,14-15H,2,7-11H2,1H3. The fourth-order valence-electron chi connectivity index (χ4n) is 2.15. The van der Waals surface area contributed by atoms with Gasteiger partial charge in [0.05, 0.1) is 0 Å². The van der Waals surface area contributed by atoms with E-state index in [1.165, 1.54) is 11.1 Å². The van der Waals surface area contributed by atoms with Crippen molar-refractivity contribution in [3.05, 3.63) is 35.4 Å². The summed E-state index contributed by atoms with van der Waals surface area (Å²) in [5, 5.41) is 3.56. The molecular weight excluding hydrogens is 230 g/mol. The molecule has 1 saturated heterocycles. The largest absolute Gasteiger partial charge is 0.310 e. The van der Waals surface area contributed by atoms with Gasteiger partial charge in [-0.05, 0) is 30.4 Å². The zero-order chi connectivity index (χ0) is 12.1. The van der Waals surface area contributed by atoms with Crippen molar-refractivity contribution < 1.29 is 4.21 Å². The van der Waals surface area contributed by atoms with Crippen LogP contribution in [0.5, 0.6) is 0 Å². The molecule has 0 spiro atoms. The molecule has 1 aliphatic rings. The Labute approximate surface area is 106 Å². The molecule has 0 bridgehead atoms. The number of benzene rings is 1. The first-order valence-electron chi connectivity index (χ1n) is 6.44. The van der Waals surface area contributed by atoms with Crippen LogP contribution in [0.4, 0.5) is 0 Å². The van der Waals surface area contributed by atoms with Crippen LogP contribution in [0.2, 0.25) is 0 Å². The lowest BCUT2D eigenvalue weighted by Crippen LogP contribution is -2.35. The Hall–Kier alpha value is -0.670. The Morgan fingerprint density at radius 2 is 1.76 bits per heavy atom. The molecule has 0 aromatic heterocycles. The highest BCUT2D eigenvalue weighted by Crippen LogP contribution is 2.11. The highest BCUT2D eigenvalue weighted by atomic mass is 32.2. The van der Waals surface area contributed by atoms with Gasteiger partial charge in [0.15, 0.2) is 0 Å². The van der Waals surface area contributed by atoms with Crippen molar-refractivity contribution in [1.29, 1.82) is 0 Å². The highest BCUT2D eigenvalue weighted by molar-refractivity contribution is 7.85. The Kier molecular flexibility index (Phi) is 4.75. The molecule has 94 valence electrons. The second-order valence-electron chi connectivity index (χ2n) is 4.67. The van der Waals surface area contributed by atoms with Gasteiger partial charge in [0, 0.05) is 34.9 Å². The Morgan fingerprint density at radius 1 is 1.18 bits per heavy atom. The summed E-state index contributed by atoms with van der Waals surface area (Å²) in [7, 11) is -0.553. The fourth-order valence-corrected chi connectivity index (χ4v) is 3.45. The maximum Gasteiger partial charge on any atom is 0.0249 e. The molecule has 0 atom stereocenters. The van der Waals surface area contributed by atoms with E-state index in [-0.39, 0.29) is 0 Å². The predicted molar refractivity (Wildman–Crippen MR) is 73.6 cm³/mol. The van der Waals surface area contributed by atoms with E-state index in [4.69, 9.17) is 0 Å². The minimum atomic E-state index is -0.553. The van der Waals surface area contributed by atoms with Gasteiger partial charge in [-0.1, -0.05) is 31.2 Å². The van der Waals surface area contributed by atoms with E-state index in [2.05, 4.69) is 36.5 Å². The van der Waals surface area contributed by atoms with Crippen molar-refractivity contribution in [3.8, 4) is 0 Å². The van der Waals surface area contributed by atoms with Crippen molar-refractivity contribution in [2.24, 2.45) is 0 Å². The molecule has 1 aromatic rings. The van der Waals surface area contributed by atoms with Crippen molar-refractivity contribution in [2.75, 3.05) is 11.5 Å². The van der Waals surface area contributed by atoms with Crippen LogP contribution < -0.4 is 5.32 Å². The van der Waals surface area contributed by atoms with E-state index >= 15 is 0 Å². The first-order chi connectivity index (χ1) is 8.28. The molecule has 1 aliphatic heterocycles. The lowest BCUT2D eigenvalue weighted by atomic mass is 10.1. The van der Waals surface area contributed by atoms with Crippen LogP contribution in [0.1, 0.15) is 30.9 Å². The van der Waals surface area contributed by atoms with Crippen LogP contribution in [-0.4, -0.2) is 21.8 Å². The highest BCUT2D eigenvalue weighted by Gasteiger charge is 2.16. The zero-order valence-corrected chi connectivity index (χ0v) is 11.3. The Balaban J connectivity index is 1.79. The maximum atomic E-state index is 11.2. The van der Waals surface area contributed by atoms with Gasteiger partial charge in [-0.3, -0.25) is 4.21 Å². The number of hydrogen-bond donors (Lipinski definition) is 1. The van der Waals surface area contributed by atoms with E-state index in [0.717, 1.165) is 37.3 Å². The molecule has 0 radical (unpaired) electrons. The average Bonchev–Trinajstić information content (AvgIpc) is 2.39. The van der Waals surface area contributed by atoms with Gasteiger partial charge >= 0.3 is 0 Å². The minimum Gasteiger partial charge on any atom is -0.310 e. The van der Waals surface area contributed by atoms with Crippen LogP contribution in [0, 0.1) is 0 Å². The Morgan fingerprint density at radius 3 is 2.35 bits per heavy atom.